The molecule has 0 saturated heterocycles. The van der Waals surface area contributed by atoms with Crippen LogP contribution >= 0.6 is 0 Å². The van der Waals surface area contributed by atoms with E-state index in [1.807, 2.05) is 31.2 Å². The molecule has 102 valence electrons. The van der Waals surface area contributed by atoms with Crippen LogP contribution in [0.15, 0.2) is 41.5 Å². The van der Waals surface area contributed by atoms with Crippen molar-refractivity contribution in [2.24, 2.45) is 7.05 Å². The van der Waals surface area contributed by atoms with E-state index in [1.54, 1.807) is 24.0 Å². The number of imidazole rings is 1. The Bertz CT molecular complexity index is 586. The molecule has 0 fully saturated rings. The summed E-state index contributed by atoms with van der Waals surface area (Å²) in [4.78, 5) is 11.6. The summed E-state index contributed by atoms with van der Waals surface area (Å²) in [5.74, 6) is 1.43. The van der Waals surface area contributed by atoms with Crippen molar-refractivity contribution in [3.8, 4) is 11.5 Å². The molecule has 1 heterocycles. The van der Waals surface area contributed by atoms with Crippen molar-refractivity contribution in [2.45, 2.75) is 13.5 Å². The van der Waals surface area contributed by atoms with E-state index in [-0.39, 0.29) is 5.69 Å². The van der Waals surface area contributed by atoms with E-state index in [1.165, 1.54) is 4.57 Å². The van der Waals surface area contributed by atoms with E-state index in [4.69, 9.17) is 9.47 Å². The topological polar surface area (TPSA) is 45.4 Å². The third kappa shape index (κ3) is 3.19. The lowest BCUT2D eigenvalue weighted by atomic mass is 10.3. The molecule has 0 N–H and O–H groups in total. The molecule has 2 rings (SSSR count). The number of nitrogens with zero attached hydrogens (tertiary/aromatic N) is 2. The molecular weight excluding hydrogens is 244 g/mol. The van der Waals surface area contributed by atoms with Gasteiger partial charge in [0.25, 0.3) is 0 Å². The second-order valence-electron chi connectivity index (χ2n) is 4.11. The fourth-order valence-electron chi connectivity index (χ4n) is 1.78. The Kier molecular flexibility index (Phi) is 4.28. The van der Waals surface area contributed by atoms with Crippen LogP contribution in [0.2, 0.25) is 0 Å². The highest BCUT2D eigenvalue weighted by Gasteiger charge is 2.04. The third-order valence-electron chi connectivity index (χ3n) is 2.76. The normalized spacial score (nSPS) is 10.4. The largest absolute Gasteiger partial charge is 0.490 e. The Morgan fingerprint density at radius 2 is 1.79 bits per heavy atom. The smallest absolute Gasteiger partial charge is 0.327 e. The number of aryl methyl sites for hydroxylation is 1. The zero-order chi connectivity index (χ0) is 13.7. The molecule has 0 amide bonds. The first kappa shape index (κ1) is 13.3. The van der Waals surface area contributed by atoms with Crippen LogP contribution in [0, 0.1) is 0 Å². The standard InChI is InChI=1S/C14H18N2O3/c1-3-18-12-6-4-5-7-13(12)19-11-10-16-9-8-15(2)14(16)17/h4-9H,3,10-11H2,1-2H3. The number of rotatable bonds is 6. The first-order valence-electron chi connectivity index (χ1n) is 6.28. The molecule has 0 aliphatic carbocycles. The van der Waals surface area contributed by atoms with Crippen molar-refractivity contribution in [3.05, 3.63) is 47.1 Å². The molecule has 0 aliphatic rings. The van der Waals surface area contributed by atoms with Gasteiger partial charge in [-0.1, -0.05) is 12.1 Å². The number of ether oxygens (including phenoxy) is 2. The summed E-state index contributed by atoms with van der Waals surface area (Å²) in [5, 5.41) is 0. The van der Waals surface area contributed by atoms with Crippen LogP contribution in [0.3, 0.4) is 0 Å². The molecule has 0 saturated carbocycles. The van der Waals surface area contributed by atoms with Gasteiger partial charge in [0.2, 0.25) is 0 Å². The van der Waals surface area contributed by atoms with Gasteiger partial charge in [-0.2, -0.15) is 0 Å². The molecule has 0 unspecified atom stereocenters. The Morgan fingerprint density at radius 1 is 1.11 bits per heavy atom. The van der Waals surface area contributed by atoms with E-state index in [2.05, 4.69) is 0 Å². The van der Waals surface area contributed by atoms with Gasteiger partial charge in [0, 0.05) is 19.4 Å². The molecule has 5 nitrogen and oxygen atoms in total. The highest BCUT2D eigenvalue weighted by atomic mass is 16.5. The molecule has 0 radical (unpaired) electrons. The van der Waals surface area contributed by atoms with Gasteiger partial charge in [-0.15, -0.1) is 0 Å². The molecule has 0 spiro atoms. The first-order chi connectivity index (χ1) is 9.22. The number of para-hydroxylation sites is 2. The minimum Gasteiger partial charge on any atom is -0.490 e. The number of benzene rings is 1. The van der Waals surface area contributed by atoms with Gasteiger partial charge >= 0.3 is 5.69 Å². The van der Waals surface area contributed by atoms with Crippen LogP contribution in [0.25, 0.3) is 0 Å². The second kappa shape index (κ2) is 6.13. The van der Waals surface area contributed by atoms with Gasteiger partial charge in [-0.25, -0.2) is 4.79 Å². The summed E-state index contributed by atoms with van der Waals surface area (Å²) in [6.45, 7) is 3.47. The minimum absolute atomic E-state index is 0.0401. The fraction of sp³-hybridized carbons (Fsp3) is 0.357. The molecule has 2 aromatic rings. The lowest BCUT2D eigenvalue weighted by molar-refractivity contribution is 0.265. The SMILES string of the molecule is CCOc1ccccc1OCCn1ccn(C)c1=O. The summed E-state index contributed by atoms with van der Waals surface area (Å²) >= 11 is 0. The van der Waals surface area contributed by atoms with Crippen LogP contribution in [-0.4, -0.2) is 22.3 Å². The first-order valence-corrected chi connectivity index (χ1v) is 6.28. The van der Waals surface area contributed by atoms with Crippen LogP contribution < -0.4 is 15.2 Å². The van der Waals surface area contributed by atoms with Gasteiger partial charge in [0.1, 0.15) is 6.61 Å². The summed E-state index contributed by atoms with van der Waals surface area (Å²) in [6.07, 6.45) is 3.48. The third-order valence-corrected chi connectivity index (χ3v) is 2.76. The Balaban J connectivity index is 1.96. The highest BCUT2D eigenvalue weighted by molar-refractivity contribution is 5.39. The average Bonchev–Trinajstić information content (AvgIpc) is 2.73. The van der Waals surface area contributed by atoms with Gasteiger partial charge < -0.3 is 14.0 Å². The molecule has 1 aromatic heterocycles. The number of hydrogen-bond donors (Lipinski definition) is 0. The number of hydrogen-bond acceptors (Lipinski definition) is 3. The van der Waals surface area contributed by atoms with Gasteiger partial charge in [-0.05, 0) is 19.1 Å². The van der Waals surface area contributed by atoms with Crippen LogP contribution in [-0.2, 0) is 13.6 Å². The lowest BCUT2D eigenvalue weighted by Crippen LogP contribution is -2.24. The molecule has 5 heteroatoms. The fourth-order valence-corrected chi connectivity index (χ4v) is 1.78. The summed E-state index contributed by atoms with van der Waals surface area (Å²) in [6, 6.07) is 7.53. The van der Waals surface area contributed by atoms with E-state index >= 15 is 0 Å². The maximum atomic E-state index is 11.6. The Labute approximate surface area is 112 Å². The van der Waals surface area contributed by atoms with Gasteiger partial charge in [0.05, 0.1) is 13.2 Å². The molecule has 19 heavy (non-hydrogen) atoms. The summed E-state index contributed by atoms with van der Waals surface area (Å²) in [5.41, 5.74) is -0.0401. The molecule has 0 bridgehead atoms. The van der Waals surface area contributed by atoms with E-state index < -0.39 is 0 Å². The van der Waals surface area contributed by atoms with Crippen molar-refractivity contribution in [1.82, 2.24) is 9.13 Å². The van der Waals surface area contributed by atoms with Gasteiger partial charge in [0.15, 0.2) is 11.5 Å². The quantitative estimate of drug-likeness (QED) is 0.795. The van der Waals surface area contributed by atoms with Crippen molar-refractivity contribution in [1.29, 1.82) is 0 Å². The minimum atomic E-state index is -0.0401. The van der Waals surface area contributed by atoms with Crippen LogP contribution in [0.1, 0.15) is 6.92 Å². The zero-order valence-corrected chi connectivity index (χ0v) is 11.2. The van der Waals surface area contributed by atoms with Crippen molar-refractivity contribution < 1.29 is 9.47 Å². The van der Waals surface area contributed by atoms with Crippen molar-refractivity contribution in [2.75, 3.05) is 13.2 Å². The predicted molar refractivity (Wildman–Crippen MR) is 72.8 cm³/mol. The zero-order valence-electron chi connectivity index (χ0n) is 11.2. The second-order valence-corrected chi connectivity index (χ2v) is 4.11. The lowest BCUT2D eigenvalue weighted by Gasteiger charge is -2.11. The molecule has 0 atom stereocenters. The monoisotopic (exact) mass is 262 g/mol. The molecule has 0 aliphatic heterocycles. The summed E-state index contributed by atoms with van der Waals surface area (Å²) < 4.78 is 14.3. The van der Waals surface area contributed by atoms with E-state index in [0.29, 0.717) is 25.5 Å². The molecular formula is C14H18N2O3. The van der Waals surface area contributed by atoms with Crippen molar-refractivity contribution >= 4 is 0 Å². The predicted octanol–water partition coefficient (Wildman–Crippen LogP) is 1.66. The highest BCUT2D eigenvalue weighted by Crippen LogP contribution is 2.26. The maximum absolute atomic E-state index is 11.6. The number of aromatic nitrogens is 2. The summed E-state index contributed by atoms with van der Waals surface area (Å²) in [7, 11) is 1.73. The van der Waals surface area contributed by atoms with Crippen LogP contribution in [0.5, 0.6) is 11.5 Å². The van der Waals surface area contributed by atoms with Gasteiger partial charge in [-0.3, -0.25) is 4.57 Å². The van der Waals surface area contributed by atoms with Crippen molar-refractivity contribution in [3.63, 3.8) is 0 Å². The van der Waals surface area contributed by atoms with Crippen LogP contribution in [0.4, 0.5) is 0 Å². The van der Waals surface area contributed by atoms with E-state index in [9.17, 15) is 4.79 Å². The Morgan fingerprint density at radius 3 is 2.37 bits per heavy atom. The van der Waals surface area contributed by atoms with E-state index in [0.717, 1.165) is 5.75 Å². The molecule has 1 aromatic carbocycles. The Hall–Kier alpha value is -2.17. The maximum Gasteiger partial charge on any atom is 0.327 e. The average molecular weight is 262 g/mol.